The van der Waals surface area contributed by atoms with Crippen LogP contribution in [-0.2, 0) is 0 Å². The first kappa shape index (κ1) is 23.1. The minimum atomic E-state index is 0.0597. The van der Waals surface area contributed by atoms with E-state index < -0.39 is 0 Å². The number of nitrogens with zero attached hydrogens (tertiary/aromatic N) is 4. The van der Waals surface area contributed by atoms with E-state index in [4.69, 9.17) is 4.98 Å². The van der Waals surface area contributed by atoms with Crippen LogP contribution in [0.3, 0.4) is 0 Å². The third-order valence-corrected chi connectivity index (χ3v) is 7.12. The van der Waals surface area contributed by atoms with Gasteiger partial charge in [0.2, 0.25) is 0 Å². The molecular formula is C32H28N4O. The number of hydrogen-bond donors (Lipinski definition) is 0. The first-order chi connectivity index (χ1) is 18.3. The number of pyridine rings is 2. The fraction of sp³-hybridized carbons (Fsp3) is 0.156. The molecule has 5 heteroatoms. The summed E-state index contributed by atoms with van der Waals surface area (Å²) in [7, 11) is 0. The van der Waals surface area contributed by atoms with E-state index in [1.807, 2.05) is 47.4 Å². The van der Waals surface area contributed by atoms with Crippen LogP contribution < -0.4 is 0 Å². The van der Waals surface area contributed by atoms with Gasteiger partial charge in [0.1, 0.15) is 0 Å². The zero-order valence-electron chi connectivity index (χ0n) is 20.6. The van der Waals surface area contributed by atoms with Crippen LogP contribution in [0, 0.1) is 0 Å². The Morgan fingerprint density at radius 1 is 0.703 bits per heavy atom. The van der Waals surface area contributed by atoms with E-state index in [1.165, 1.54) is 11.1 Å². The molecule has 0 radical (unpaired) electrons. The van der Waals surface area contributed by atoms with Gasteiger partial charge in [-0.3, -0.25) is 14.7 Å². The van der Waals surface area contributed by atoms with Crippen LogP contribution in [-0.4, -0.2) is 51.9 Å². The Balaban J connectivity index is 1.28. The van der Waals surface area contributed by atoms with Crippen molar-refractivity contribution in [3.8, 4) is 11.3 Å². The molecule has 1 saturated heterocycles. The summed E-state index contributed by atoms with van der Waals surface area (Å²) in [5, 5.41) is 0.888. The highest BCUT2D eigenvalue weighted by Crippen LogP contribution is 2.30. The molecule has 0 aliphatic carbocycles. The number of rotatable bonds is 5. The van der Waals surface area contributed by atoms with E-state index >= 15 is 0 Å². The van der Waals surface area contributed by atoms with Gasteiger partial charge in [-0.15, -0.1) is 0 Å². The zero-order valence-corrected chi connectivity index (χ0v) is 20.6. The second-order valence-electron chi connectivity index (χ2n) is 9.36. The molecule has 3 aromatic carbocycles. The first-order valence-corrected chi connectivity index (χ1v) is 12.7. The summed E-state index contributed by atoms with van der Waals surface area (Å²) in [6, 6.07) is 35.1. The Labute approximate surface area is 217 Å². The molecule has 182 valence electrons. The number of hydrogen-bond acceptors (Lipinski definition) is 4. The lowest BCUT2D eigenvalue weighted by Gasteiger charge is -2.40. The number of benzene rings is 3. The number of piperazine rings is 1. The maximum atomic E-state index is 13.9. The number of carbonyl (C=O) groups excluding carboxylic acids is 1. The number of aromatic nitrogens is 2. The predicted octanol–water partition coefficient (Wildman–Crippen LogP) is 5.84. The average Bonchev–Trinajstić information content (AvgIpc) is 2.98. The number of fused-ring (bicyclic) bond motifs is 1. The Bertz CT molecular complexity index is 1460. The van der Waals surface area contributed by atoms with Gasteiger partial charge in [-0.05, 0) is 35.4 Å². The molecule has 1 aliphatic rings. The van der Waals surface area contributed by atoms with Crippen molar-refractivity contribution in [3.63, 3.8) is 0 Å². The average molecular weight is 485 g/mol. The van der Waals surface area contributed by atoms with E-state index in [9.17, 15) is 4.79 Å². The maximum absolute atomic E-state index is 13.9. The molecule has 37 heavy (non-hydrogen) atoms. The van der Waals surface area contributed by atoms with Gasteiger partial charge >= 0.3 is 0 Å². The fourth-order valence-electron chi connectivity index (χ4n) is 5.26. The van der Waals surface area contributed by atoms with Gasteiger partial charge in [0.05, 0.1) is 22.8 Å². The largest absolute Gasteiger partial charge is 0.336 e. The molecule has 0 saturated carbocycles. The van der Waals surface area contributed by atoms with Crippen LogP contribution in [0.1, 0.15) is 27.5 Å². The molecule has 0 spiro atoms. The van der Waals surface area contributed by atoms with Crippen molar-refractivity contribution < 1.29 is 4.79 Å². The molecule has 1 amide bonds. The second-order valence-corrected chi connectivity index (χ2v) is 9.36. The van der Waals surface area contributed by atoms with Crippen LogP contribution in [0.4, 0.5) is 0 Å². The maximum Gasteiger partial charge on any atom is 0.254 e. The van der Waals surface area contributed by atoms with Crippen LogP contribution in [0.5, 0.6) is 0 Å². The van der Waals surface area contributed by atoms with E-state index in [0.29, 0.717) is 18.7 Å². The summed E-state index contributed by atoms with van der Waals surface area (Å²) in [6.45, 7) is 2.97. The van der Waals surface area contributed by atoms with Gasteiger partial charge < -0.3 is 4.90 Å². The van der Waals surface area contributed by atoms with Crippen molar-refractivity contribution in [2.24, 2.45) is 0 Å². The Morgan fingerprint density at radius 2 is 1.30 bits per heavy atom. The highest BCUT2D eigenvalue weighted by molar-refractivity contribution is 6.07. The quantitative estimate of drug-likeness (QED) is 0.314. The van der Waals surface area contributed by atoms with E-state index in [0.717, 1.165) is 35.2 Å². The Morgan fingerprint density at radius 3 is 1.95 bits per heavy atom. The summed E-state index contributed by atoms with van der Waals surface area (Å²) in [5.41, 5.74) is 5.82. The Hall–Kier alpha value is -4.35. The third kappa shape index (κ3) is 4.74. The van der Waals surface area contributed by atoms with Crippen LogP contribution >= 0.6 is 0 Å². The van der Waals surface area contributed by atoms with Gasteiger partial charge in [0.15, 0.2) is 0 Å². The minimum absolute atomic E-state index is 0.0597. The number of carbonyl (C=O) groups is 1. The lowest BCUT2D eigenvalue weighted by atomic mass is 9.96. The highest BCUT2D eigenvalue weighted by atomic mass is 16.2. The van der Waals surface area contributed by atoms with Crippen LogP contribution in [0.2, 0.25) is 0 Å². The summed E-state index contributed by atoms with van der Waals surface area (Å²) >= 11 is 0. The standard InChI is InChI=1S/C32H28N4O/c37-32(28-23-30(24-15-17-33-18-16-24)34-29-14-8-7-13-27(28)29)36-21-19-35(20-22-36)31(25-9-3-1-4-10-25)26-11-5-2-6-12-26/h1-18,23,31H,19-22H2. The van der Waals surface area contributed by atoms with Crippen molar-refractivity contribution in [3.05, 3.63) is 132 Å². The zero-order chi connectivity index (χ0) is 25.0. The van der Waals surface area contributed by atoms with Gasteiger partial charge in [-0.2, -0.15) is 0 Å². The van der Waals surface area contributed by atoms with Crippen molar-refractivity contribution in [2.45, 2.75) is 6.04 Å². The molecule has 0 atom stereocenters. The molecule has 0 bridgehead atoms. The van der Waals surface area contributed by atoms with Crippen molar-refractivity contribution in [1.82, 2.24) is 19.8 Å². The van der Waals surface area contributed by atoms with Crippen LogP contribution in [0.15, 0.2) is 116 Å². The molecular weight excluding hydrogens is 456 g/mol. The monoisotopic (exact) mass is 484 g/mol. The van der Waals surface area contributed by atoms with E-state index in [2.05, 4.69) is 70.5 Å². The molecule has 0 unspecified atom stereocenters. The summed E-state index contributed by atoms with van der Waals surface area (Å²) in [4.78, 5) is 27.3. The third-order valence-electron chi connectivity index (χ3n) is 7.12. The van der Waals surface area contributed by atoms with Gasteiger partial charge in [-0.25, -0.2) is 4.98 Å². The molecule has 1 aliphatic heterocycles. The number of para-hydroxylation sites is 1. The summed E-state index contributed by atoms with van der Waals surface area (Å²) < 4.78 is 0. The molecule has 2 aromatic heterocycles. The van der Waals surface area contributed by atoms with Crippen LogP contribution in [0.25, 0.3) is 22.2 Å². The van der Waals surface area contributed by atoms with Gasteiger partial charge in [0.25, 0.3) is 5.91 Å². The van der Waals surface area contributed by atoms with Gasteiger partial charge in [0, 0.05) is 49.5 Å². The molecule has 3 heterocycles. The van der Waals surface area contributed by atoms with Gasteiger partial charge in [-0.1, -0.05) is 78.9 Å². The van der Waals surface area contributed by atoms with E-state index in [1.54, 1.807) is 12.4 Å². The molecule has 0 N–H and O–H groups in total. The normalized spacial score (nSPS) is 14.2. The summed E-state index contributed by atoms with van der Waals surface area (Å²) in [6.07, 6.45) is 3.51. The lowest BCUT2D eigenvalue weighted by molar-refractivity contribution is 0.0599. The smallest absolute Gasteiger partial charge is 0.254 e. The molecule has 6 rings (SSSR count). The minimum Gasteiger partial charge on any atom is -0.336 e. The molecule has 5 nitrogen and oxygen atoms in total. The number of amides is 1. The highest BCUT2D eigenvalue weighted by Gasteiger charge is 2.29. The fourth-order valence-corrected chi connectivity index (χ4v) is 5.26. The topological polar surface area (TPSA) is 49.3 Å². The predicted molar refractivity (Wildman–Crippen MR) is 147 cm³/mol. The van der Waals surface area contributed by atoms with Crippen molar-refractivity contribution in [2.75, 3.05) is 26.2 Å². The summed E-state index contributed by atoms with van der Waals surface area (Å²) in [5.74, 6) is 0.0597. The SMILES string of the molecule is O=C(c1cc(-c2ccncc2)nc2ccccc12)N1CCN(C(c2ccccc2)c2ccccc2)CC1. The first-order valence-electron chi connectivity index (χ1n) is 12.7. The lowest BCUT2D eigenvalue weighted by Crippen LogP contribution is -2.49. The van der Waals surface area contributed by atoms with Crippen molar-refractivity contribution in [1.29, 1.82) is 0 Å². The Kier molecular flexibility index (Phi) is 6.44. The van der Waals surface area contributed by atoms with E-state index in [-0.39, 0.29) is 11.9 Å². The second kappa shape index (κ2) is 10.3. The molecule has 5 aromatic rings. The molecule has 1 fully saturated rings. The van der Waals surface area contributed by atoms with Crippen molar-refractivity contribution >= 4 is 16.8 Å².